The second kappa shape index (κ2) is 6.20. The highest BCUT2D eigenvalue weighted by molar-refractivity contribution is 6.26. The van der Waals surface area contributed by atoms with E-state index >= 15 is 0 Å². The summed E-state index contributed by atoms with van der Waals surface area (Å²) in [6.07, 6.45) is 0. The van der Waals surface area contributed by atoms with Crippen molar-refractivity contribution < 1.29 is 14.3 Å². The van der Waals surface area contributed by atoms with Gasteiger partial charge in [0.1, 0.15) is 11.5 Å². The monoisotopic (exact) mass is 367 g/mol. The zero-order chi connectivity index (χ0) is 19.3. The first kappa shape index (κ1) is 16.5. The number of rotatable bonds is 3. The molecule has 0 bridgehead atoms. The van der Waals surface area contributed by atoms with Crippen LogP contribution >= 0.6 is 0 Å². The topological polar surface area (TPSA) is 46.6 Å². The lowest BCUT2D eigenvalue weighted by Crippen LogP contribution is -2.40. The Morgan fingerprint density at radius 1 is 0.786 bits per heavy atom. The fraction of sp³-hybridized carbons (Fsp3) is 0.0833. The molecule has 1 heterocycles. The molecule has 0 fully saturated rings. The molecule has 4 aromatic rings. The Kier molecular flexibility index (Phi) is 3.66. The smallest absolute Gasteiger partial charge is 0.261 e. The highest BCUT2D eigenvalue weighted by atomic mass is 16.5. The molecule has 4 aromatic carbocycles. The molecule has 28 heavy (non-hydrogen) atoms. The lowest BCUT2D eigenvalue weighted by Gasteiger charge is -2.26. The Labute approximate surface area is 162 Å². The predicted octanol–water partition coefficient (Wildman–Crippen LogP) is 5.40. The Hall–Kier alpha value is -3.66. The molecule has 1 aliphatic heterocycles. The van der Waals surface area contributed by atoms with Gasteiger partial charge in [-0.05, 0) is 48.0 Å². The zero-order valence-corrected chi connectivity index (χ0v) is 15.3. The zero-order valence-electron chi connectivity index (χ0n) is 15.3. The number of imide groups is 1. The third-order valence-electron chi connectivity index (χ3n) is 5.22. The maximum absolute atomic E-state index is 12.7. The summed E-state index contributed by atoms with van der Waals surface area (Å²) in [5.41, 5.74) is 1.08. The minimum absolute atomic E-state index is 0.256. The Morgan fingerprint density at radius 3 is 2.32 bits per heavy atom. The molecule has 0 aromatic heterocycles. The van der Waals surface area contributed by atoms with Crippen LogP contribution in [0.1, 0.15) is 27.6 Å². The van der Waals surface area contributed by atoms with Gasteiger partial charge in [0.05, 0.1) is 0 Å². The number of carbonyl (C=O) groups excluding carboxylic acids is 2. The lowest BCUT2D eigenvalue weighted by molar-refractivity contribution is 0.0619. The van der Waals surface area contributed by atoms with Gasteiger partial charge in [-0.25, -0.2) is 0 Å². The van der Waals surface area contributed by atoms with Crippen LogP contribution in [0.2, 0.25) is 0 Å². The molecular weight excluding hydrogens is 350 g/mol. The van der Waals surface area contributed by atoms with E-state index in [2.05, 4.69) is 6.07 Å². The van der Waals surface area contributed by atoms with Crippen molar-refractivity contribution >= 4 is 33.4 Å². The Bertz CT molecular complexity index is 1250. The third-order valence-corrected chi connectivity index (χ3v) is 5.22. The summed E-state index contributed by atoms with van der Waals surface area (Å²) in [6, 6.07) is 23.1. The average molecular weight is 367 g/mol. The fourth-order valence-corrected chi connectivity index (χ4v) is 3.85. The normalized spacial score (nSPS) is 13.4. The number of nitrogens with zero attached hydrogens (tertiary/aromatic N) is 1. The van der Waals surface area contributed by atoms with Gasteiger partial charge in [0.25, 0.3) is 11.8 Å². The number of hydrogen-bond acceptors (Lipinski definition) is 3. The van der Waals surface area contributed by atoms with Crippen LogP contribution in [0.5, 0.6) is 11.5 Å². The van der Waals surface area contributed by atoms with Crippen LogP contribution in [-0.2, 0) is 0 Å². The summed E-state index contributed by atoms with van der Waals surface area (Å²) in [5.74, 6) is 0.825. The first-order chi connectivity index (χ1) is 13.7. The first-order valence-electron chi connectivity index (χ1n) is 9.26. The number of ether oxygens (including phenoxy) is 1. The largest absolute Gasteiger partial charge is 0.457 e. The van der Waals surface area contributed by atoms with Crippen molar-refractivity contribution in [1.29, 1.82) is 0 Å². The van der Waals surface area contributed by atoms with E-state index in [-0.39, 0.29) is 11.8 Å². The van der Waals surface area contributed by atoms with Crippen molar-refractivity contribution in [3.63, 3.8) is 0 Å². The van der Waals surface area contributed by atoms with Gasteiger partial charge in [-0.3, -0.25) is 14.5 Å². The van der Waals surface area contributed by atoms with Crippen molar-refractivity contribution in [2.75, 3.05) is 6.54 Å². The van der Waals surface area contributed by atoms with E-state index in [9.17, 15) is 9.59 Å². The minimum Gasteiger partial charge on any atom is -0.457 e. The van der Waals surface area contributed by atoms with E-state index in [0.717, 1.165) is 16.2 Å². The molecule has 4 heteroatoms. The van der Waals surface area contributed by atoms with E-state index < -0.39 is 0 Å². The summed E-state index contributed by atoms with van der Waals surface area (Å²) in [5, 5.41) is 3.66. The van der Waals surface area contributed by atoms with Crippen LogP contribution in [0.15, 0.2) is 72.8 Å². The molecule has 0 unspecified atom stereocenters. The van der Waals surface area contributed by atoms with Gasteiger partial charge >= 0.3 is 0 Å². The van der Waals surface area contributed by atoms with Crippen LogP contribution in [0.25, 0.3) is 21.5 Å². The second-order valence-electron chi connectivity index (χ2n) is 6.80. The van der Waals surface area contributed by atoms with Crippen molar-refractivity contribution in [2.24, 2.45) is 0 Å². The molecule has 4 nitrogen and oxygen atoms in total. The molecule has 2 amide bonds. The van der Waals surface area contributed by atoms with Gasteiger partial charge < -0.3 is 4.74 Å². The van der Waals surface area contributed by atoms with Crippen molar-refractivity contribution in [3.05, 3.63) is 83.9 Å². The summed E-state index contributed by atoms with van der Waals surface area (Å²) in [6.45, 7) is 2.15. The lowest BCUT2D eigenvalue weighted by atomic mass is 9.93. The Morgan fingerprint density at radius 2 is 1.54 bits per heavy atom. The van der Waals surface area contributed by atoms with Crippen molar-refractivity contribution in [3.8, 4) is 11.5 Å². The number of amides is 2. The molecule has 136 valence electrons. The molecule has 0 saturated heterocycles. The van der Waals surface area contributed by atoms with E-state index in [1.54, 1.807) is 25.1 Å². The average Bonchev–Trinajstić information content (AvgIpc) is 2.73. The van der Waals surface area contributed by atoms with Crippen LogP contribution in [0, 0.1) is 0 Å². The molecule has 0 saturated carbocycles. The SMILES string of the molecule is CCN1C(=O)c2cccc3c(Oc4ccc5ccccc5c4)ccc(c23)C1=O. The fourth-order valence-electron chi connectivity index (χ4n) is 3.85. The molecule has 5 rings (SSSR count). The number of benzene rings is 4. The maximum Gasteiger partial charge on any atom is 0.261 e. The Balaban J connectivity index is 1.65. The predicted molar refractivity (Wildman–Crippen MR) is 109 cm³/mol. The van der Waals surface area contributed by atoms with Gasteiger partial charge in [-0.1, -0.05) is 42.5 Å². The van der Waals surface area contributed by atoms with Crippen molar-refractivity contribution in [2.45, 2.75) is 6.92 Å². The highest BCUT2D eigenvalue weighted by Crippen LogP contribution is 2.37. The molecule has 0 aliphatic carbocycles. The number of fused-ring (bicyclic) bond motifs is 1. The standard InChI is InChI=1S/C24H17NO3/c1-2-25-23(26)19-9-5-8-18-21(13-12-20(22(18)19)24(25)27)28-17-11-10-15-6-3-4-7-16(15)14-17/h3-14H,2H2,1H3. The van der Waals surface area contributed by atoms with E-state index in [1.807, 2.05) is 48.5 Å². The van der Waals surface area contributed by atoms with Crippen LogP contribution in [-0.4, -0.2) is 23.3 Å². The number of carbonyl (C=O) groups is 2. The minimum atomic E-state index is -0.256. The third kappa shape index (κ3) is 2.38. The first-order valence-corrected chi connectivity index (χ1v) is 9.26. The second-order valence-corrected chi connectivity index (χ2v) is 6.80. The van der Waals surface area contributed by atoms with Gasteiger partial charge in [0.15, 0.2) is 0 Å². The van der Waals surface area contributed by atoms with Gasteiger partial charge in [0, 0.05) is 28.4 Å². The van der Waals surface area contributed by atoms with Crippen LogP contribution in [0.4, 0.5) is 0 Å². The van der Waals surface area contributed by atoms with Crippen LogP contribution in [0.3, 0.4) is 0 Å². The highest BCUT2D eigenvalue weighted by Gasteiger charge is 2.32. The molecule has 0 radical (unpaired) electrons. The number of hydrogen-bond donors (Lipinski definition) is 0. The molecule has 0 spiro atoms. The van der Waals surface area contributed by atoms with Gasteiger partial charge in [-0.15, -0.1) is 0 Å². The summed E-state index contributed by atoms with van der Waals surface area (Å²) in [4.78, 5) is 26.7. The molecule has 0 N–H and O–H groups in total. The van der Waals surface area contributed by atoms with E-state index in [0.29, 0.717) is 34.6 Å². The molecule has 1 aliphatic rings. The summed E-state index contributed by atoms with van der Waals surface area (Å²) in [7, 11) is 0. The van der Waals surface area contributed by atoms with E-state index in [1.165, 1.54) is 4.90 Å². The molecule has 0 atom stereocenters. The van der Waals surface area contributed by atoms with E-state index in [4.69, 9.17) is 4.74 Å². The summed E-state index contributed by atoms with van der Waals surface area (Å²) >= 11 is 0. The van der Waals surface area contributed by atoms with Crippen LogP contribution < -0.4 is 4.74 Å². The van der Waals surface area contributed by atoms with Crippen molar-refractivity contribution in [1.82, 2.24) is 4.90 Å². The summed E-state index contributed by atoms with van der Waals surface area (Å²) < 4.78 is 6.17. The quantitative estimate of drug-likeness (QED) is 0.455. The van der Waals surface area contributed by atoms with Gasteiger partial charge in [0.2, 0.25) is 0 Å². The van der Waals surface area contributed by atoms with Gasteiger partial charge in [-0.2, -0.15) is 0 Å². The molecular formula is C24H17NO3. The maximum atomic E-state index is 12.7.